The molecule has 29 heavy (non-hydrogen) atoms. The molecule has 2 heterocycles. The molecule has 0 unspecified atom stereocenters. The number of rotatable bonds is 6. The summed E-state index contributed by atoms with van der Waals surface area (Å²) >= 11 is 0. The number of anilines is 1. The number of aryl methyl sites for hydroxylation is 1. The lowest BCUT2D eigenvalue weighted by molar-refractivity contribution is -0.115. The molecule has 0 radical (unpaired) electrons. The number of benzene rings is 2. The van der Waals surface area contributed by atoms with Crippen molar-refractivity contribution in [3.63, 3.8) is 0 Å². The van der Waals surface area contributed by atoms with Gasteiger partial charge in [-0.25, -0.2) is 4.98 Å². The second-order valence-electron chi connectivity index (χ2n) is 6.38. The topological polar surface area (TPSA) is 92.1 Å². The summed E-state index contributed by atoms with van der Waals surface area (Å²) in [5.41, 5.74) is 1.92. The Hall–Kier alpha value is -3.68. The third-order valence-corrected chi connectivity index (χ3v) is 4.51. The van der Waals surface area contributed by atoms with Gasteiger partial charge < -0.3 is 28.7 Å². The van der Waals surface area contributed by atoms with Crippen LogP contribution in [0.15, 0.2) is 40.8 Å². The number of carbonyl (C=O) groups is 1. The van der Waals surface area contributed by atoms with Crippen LogP contribution in [0.2, 0.25) is 0 Å². The van der Waals surface area contributed by atoms with E-state index >= 15 is 0 Å². The lowest BCUT2D eigenvalue weighted by Crippen LogP contribution is -2.15. The van der Waals surface area contributed by atoms with Crippen molar-refractivity contribution in [2.24, 2.45) is 0 Å². The van der Waals surface area contributed by atoms with Crippen LogP contribution in [0.1, 0.15) is 11.5 Å². The molecule has 1 aliphatic heterocycles. The lowest BCUT2D eigenvalue weighted by atomic mass is 10.2. The smallest absolute Gasteiger partial charge is 0.231 e. The molecule has 8 heteroatoms. The summed E-state index contributed by atoms with van der Waals surface area (Å²) in [5, 5.41) is 2.83. The number of oxazole rings is 1. The number of hydrogen-bond donors (Lipinski definition) is 1. The summed E-state index contributed by atoms with van der Waals surface area (Å²) in [5.74, 6) is 3.25. The third kappa shape index (κ3) is 3.82. The average molecular weight is 396 g/mol. The minimum Gasteiger partial charge on any atom is -0.493 e. The predicted octanol–water partition coefficient (Wildman–Crippen LogP) is 3.58. The van der Waals surface area contributed by atoms with E-state index in [1.165, 1.54) is 0 Å². The molecule has 0 saturated heterocycles. The van der Waals surface area contributed by atoms with E-state index in [9.17, 15) is 4.79 Å². The summed E-state index contributed by atoms with van der Waals surface area (Å²) < 4.78 is 26.9. The second kappa shape index (κ2) is 7.75. The van der Waals surface area contributed by atoms with Crippen molar-refractivity contribution in [3.05, 3.63) is 47.9 Å². The van der Waals surface area contributed by atoms with E-state index in [-0.39, 0.29) is 19.1 Å². The molecule has 0 fully saturated rings. The van der Waals surface area contributed by atoms with E-state index in [0.717, 1.165) is 5.56 Å². The van der Waals surface area contributed by atoms with Gasteiger partial charge in [-0.15, -0.1) is 0 Å². The Labute approximate surface area is 167 Å². The van der Waals surface area contributed by atoms with Crippen LogP contribution in [0.4, 0.5) is 5.69 Å². The van der Waals surface area contributed by atoms with Gasteiger partial charge in [-0.1, -0.05) is 0 Å². The molecular formula is C21H20N2O6. The zero-order valence-electron chi connectivity index (χ0n) is 16.3. The van der Waals surface area contributed by atoms with E-state index in [1.807, 2.05) is 6.07 Å². The van der Waals surface area contributed by atoms with Crippen molar-refractivity contribution in [2.75, 3.05) is 26.3 Å². The van der Waals surface area contributed by atoms with E-state index in [0.29, 0.717) is 46.0 Å². The molecule has 8 nitrogen and oxygen atoms in total. The number of aromatic nitrogens is 1. The maximum absolute atomic E-state index is 12.5. The van der Waals surface area contributed by atoms with Crippen LogP contribution < -0.4 is 24.3 Å². The number of ether oxygens (including phenoxy) is 4. The highest BCUT2D eigenvalue weighted by Gasteiger charge is 2.19. The minimum absolute atomic E-state index is 0.0776. The average Bonchev–Trinajstić information content (AvgIpc) is 3.33. The molecule has 3 aromatic rings. The first-order valence-corrected chi connectivity index (χ1v) is 8.95. The number of nitrogens with one attached hydrogen (secondary N) is 1. The molecule has 1 aromatic heterocycles. The first-order valence-electron chi connectivity index (χ1n) is 8.95. The van der Waals surface area contributed by atoms with Crippen LogP contribution in [0.5, 0.6) is 23.0 Å². The molecule has 0 spiro atoms. The Balaban J connectivity index is 1.48. The monoisotopic (exact) mass is 396 g/mol. The maximum Gasteiger partial charge on any atom is 0.231 e. The summed E-state index contributed by atoms with van der Waals surface area (Å²) in [6, 6.07) is 10.6. The Morgan fingerprint density at radius 2 is 1.86 bits per heavy atom. The molecule has 0 bridgehead atoms. The fourth-order valence-corrected chi connectivity index (χ4v) is 3.02. The lowest BCUT2D eigenvalue weighted by Gasteiger charge is -2.10. The molecule has 150 valence electrons. The van der Waals surface area contributed by atoms with Crippen molar-refractivity contribution in [3.8, 4) is 34.5 Å². The van der Waals surface area contributed by atoms with Crippen LogP contribution >= 0.6 is 0 Å². The quantitative estimate of drug-likeness (QED) is 0.681. The molecule has 1 amide bonds. The SMILES string of the molecule is COc1ccc(NC(=O)Cc2nc(-c3ccc4c(c3)OCO4)oc2C)cc1OC. The van der Waals surface area contributed by atoms with Crippen molar-refractivity contribution in [1.29, 1.82) is 0 Å². The zero-order valence-corrected chi connectivity index (χ0v) is 16.3. The Morgan fingerprint density at radius 1 is 1.07 bits per heavy atom. The number of nitrogens with zero attached hydrogens (tertiary/aromatic N) is 1. The third-order valence-electron chi connectivity index (χ3n) is 4.51. The number of amides is 1. The predicted molar refractivity (Wildman–Crippen MR) is 105 cm³/mol. The van der Waals surface area contributed by atoms with Gasteiger partial charge in [0.05, 0.1) is 26.3 Å². The minimum atomic E-state index is -0.217. The largest absolute Gasteiger partial charge is 0.493 e. The standard InChI is InChI=1S/C21H20N2O6/c1-12-15(10-20(24)22-14-5-7-16(25-2)18(9-14)26-3)23-21(29-12)13-4-6-17-19(8-13)28-11-27-17/h4-9H,10-11H2,1-3H3,(H,22,24). The van der Waals surface area contributed by atoms with Crippen molar-refractivity contribution < 1.29 is 28.2 Å². The summed E-state index contributed by atoms with van der Waals surface area (Å²) in [4.78, 5) is 17.0. The van der Waals surface area contributed by atoms with Gasteiger partial charge >= 0.3 is 0 Å². The van der Waals surface area contributed by atoms with Crippen molar-refractivity contribution in [1.82, 2.24) is 4.98 Å². The zero-order chi connectivity index (χ0) is 20.4. The highest BCUT2D eigenvalue weighted by molar-refractivity contribution is 5.92. The van der Waals surface area contributed by atoms with Gasteiger partial charge in [0, 0.05) is 17.3 Å². The molecule has 1 aliphatic rings. The number of carbonyl (C=O) groups excluding carboxylic acids is 1. The molecule has 0 saturated carbocycles. The summed E-state index contributed by atoms with van der Waals surface area (Å²) in [6.07, 6.45) is 0.0776. The van der Waals surface area contributed by atoms with Crippen molar-refractivity contribution in [2.45, 2.75) is 13.3 Å². The van der Waals surface area contributed by atoms with Gasteiger partial charge in [-0.2, -0.15) is 0 Å². The molecular weight excluding hydrogens is 376 g/mol. The van der Waals surface area contributed by atoms with E-state index in [1.54, 1.807) is 51.5 Å². The molecule has 2 aromatic carbocycles. The Morgan fingerprint density at radius 3 is 2.66 bits per heavy atom. The fourth-order valence-electron chi connectivity index (χ4n) is 3.02. The molecule has 1 N–H and O–H groups in total. The molecule has 0 atom stereocenters. The normalized spacial score (nSPS) is 12.0. The van der Waals surface area contributed by atoms with E-state index in [2.05, 4.69) is 10.3 Å². The van der Waals surface area contributed by atoms with Gasteiger partial charge in [-0.05, 0) is 37.3 Å². The molecule has 0 aliphatic carbocycles. The van der Waals surface area contributed by atoms with Crippen LogP contribution in [-0.4, -0.2) is 31.9 Å². The van der Waals surface area contributed by atoms with Crippen LogP contribution in [-0.2, 0) is 11.2 Å². The fraction of sp³-hybridized carbons (Fsp3) is 0.238. The van der Waals surface area contributed by atoms with Crippen LogP contribution in [0.3, 0.4) is 0 Å². The van der Waals surface area contributed by atoms with Crippen LogP contribution in [0, 0.1) is 6.92 Å². The van der Waals surface area contributed by atoms with Gasteiger partial charge in [0.15, 0.2) is 23.0 Å². The Bertz CT molecular complexity index is 1060. The van der Waals surface area contributed by atoms with E-state index < -0.39 is 0 Å². The summed E-state index contributed by atoms with van der Waals surface area (Å²) in [6.45, 7) is 1.98. The second-order valence-corrected chi connectivity index (χ2v) is 6.38. The number of fused-ring (bicyclic) bond motifs is 1. The maximum atomic E-state index is 12.5. The first kappa shape index (κ1) is 18.7. The molecule has 4 rings (SSSR count). The van der Waals surface area contributed by atoms with Crippen LogP contribution in [0.25, 0.3) is 11.5 Å². The number of hydrogen-bond acceptors (Lipinski definition) is 7. The summed E-state index contributed by atoms with van der Waals surface area (Å²) in [7, 11) is 3.10. The van der Waals surface area contributed by atoms with Gasteiger partial charge in [0.25, 0.3) is 0 Å². The number of methoxy groups -OCH3 is 2. The first-order chi connectivity index (χ1) is 14.1. The van der Waals surface area contributed by atoms with Crippen molar-refractivity contribution >= 4 is 11.6 Å². The highest BCUT2D eigenvalue weighted by Crippen LogP contribution is 2.36. The Kier molecular flexibility index (Phi) is 4.99. The van der Waals surface area contributed by atoms with E-state index in [4.69, 9.17) is 23.4 Å². The van der Waals surface area contributed by atoms with Gasteiger partial charge in [0.2, 0.25) is 18.6 Å². The highest BCUT2D eigenvalue weighted by atomic mass is 16.7. The van der Waals surface area contributed by atoms with Gasteiger partial charge in [0.1, 0.15) is 5.76 Å². The van der Waals surface area contributed by atoms with Gasteiger partial charge in [-0.3, -0.25) is 4.79 Å².